The molecule has 1 aliphatic rings. The average molecular weight is 408 g/mol. The van der Waals surface area contributed by atoms with Gasteiger partial charge in [-0.25, -0.2) is 4.98 Å². The van der Waals surface area contributed by atoms with Gasteiger partial charge in [0, 0.05) is 18.1 Å². The number of rotatable bonds is 5. The number of furan rings is 1. The number of benzene rings is 2. The minimum Gasteiger partial charge on any atom is -0.497 e. The molecule has 2 aromatic carbocycles. The molecule has 0 spiro atoms. The fourth-order valence-electron chi connectivity index (χ4n) is 3.60. The van der Waals surface area contributed by atoms with Crippen LogP contribution >= 0.6 is 11.3 Å². The first-order valence-electron chi connectivity index (χ1n) is 9.58. The highest BCUT2D eigenvalue weighted by atomic mass is 32.1. The van der Waals surface area contributed by atoms with E-state index in [1.165, 1.54) is 11.3 Å². The average Bonchev–Trinajstić information content (AvgIpc) is 3.49. The Kier molecular flexibility index (Phi) is 4.69. The molecule has 0 saturated carbocycles. The number of hydrogen-bond acceptors (Lipinski definition) is 6. The lowest BCUT2D eigenvalue weighted by Gasteiger charge is -2.22. The summed E-state index contributed by atoms with van der Waals surface area (Å²) in [5.74, 6) is 0.840. The maximum atomic E-state index is 13.4. The second-order valence-electron chi connectivity index (χ2n) is 7.03. The van der Waals surface area contributed by atoms with Crippen LogP contribution in [0.2, 0.25) is 0 Å². The van der Waals surface area contributed by atoms with Crippen molar-refractivity contribution in [1.29, 1.82) is 0 Å². The van der Waals surface area contributed by atoms with Gasteiger partial charge in [0.05, 0.1) is 30.0 Å². The van der Waals surface area contributed by atoms with Crippen molar-refractivity contribution >= 4 is 43.6 Å². The van der Waals surface area contributed by atoms with Gasteiger partial charge in [-0.2, -0.15) is 0 Å². The molecule has 4 aromatic rings. The highest BCUT2D eigenvalue weighted by Gasteiger charge is 2.29. The highest BCUT2D eigenvalue weighted by molar-refractivity contribution is 7.22. The maximum absolute atomic E-state index is 13.4. The lowest BCUT2D eigenvalue weighted by Crippen LogP contribution is -2.37. The van der Waals surface area contributed by atoms with E-state index in [0.717, 1.165) is 40.8 Å². The van der Waals surface area contributed by atoms with Crippen LogP contribution in [0.25, 0.3) is 21.2 Å². The summed E-state index contributed by atoms with van der Waals surface area (Å²) in [5.41, 5.74) is 1.50. The van der Waals surface area contributed by atoms with E-state index in [4.69, 9.17) is 18.9 Å². The third-order valence-corrected chi connectivity index (χ3v) is 6.17. The second kappa shape index (κ2) is 7.50. The van der Waals surface area contributed by atoms with Crippen LogP contribution in [0.15, 0.2) is 52.9 Å². The smallest absolute Gasteiger partial charge is 0.295 e. The van der Waals surface area contributed by atoms with Crippen molar-refractivity contribution in [3.05, 3.63) is 54.3 Å². The predicted molar refractivity (Wildman–Crippen MR) is 113 cm³/mol. The number of ether oxygens (including phenoxy) is 2. The minimum atomic E-state index is -0.206. The summed E-state index contributed by atoms with van der Waals surface area (Å²) in [7, 11) is 1.63. The molecule has 6 nitrogen and oxygen atoms in total. The Morgan fingerprint density at radius 3 is 2.97 bits per heavy atom. The van der Waals surface area contributed by atoms with Crippen LogP contribution in [-0.2, 0) is 4.74 Å². The van der Waals surface area contributed by atoms with Crippen molar-refractivity contribution in [2.45, 2.75) is 18.9 Å². The summed E-state index contributed by atoms with van der Waals surface area (Å²) >= 11 is 1.48. The molecule has 0 bridgehead atoms. The van der Waals surface area contributed by atoms with E-state index in [0.29, 0.717) is 23.0 Å². The number of fused-ring (bicyclic) bond motifs is 2. The Morgan fingerprint density at radius 2 is 2.17 bits per heavy atom. The SMILES string of the molecule is COc1ccc2sc(N(CC3CCCO3)C(=O)c3cc4ccccc4o3)nc2c1. The fraction of sp³-hybridized carbons (Fsp3) is 0.273. The number of carbonyl (C=O) groups is 1. The number of nitrogens with zero attached hydrogens (tertiary/aromatic N) is 2. The Bertz CT molecular complexity index is 1140. The fourth-order valence-corrected chi connectivity index (χ4v) is 4.55. The normalized spacial score (nSPS) is 16.5. The summed E-state index contributed by atoms with van der Waals surface area (Å²) < 4.78 is 17.9. The Morgan fingerprint density at radius 1 is 1.28 bits per heavy atom. The first kappa shape index (κ1) is 18.1. The molecular formula is C22H20N2O4S. The predicted octanol–water partition coefficient (Wildman–Crippen LogP) is 4.88. The first-order valence-corrected chi connectivity index (χ1v) is 10.4. The minimum absolute atomic E-state index is 0.00452. The molecule has 1 unspecified atom stereocenters. The number of anilines is 1. The molecule has 0 aliphatic carbocycles. The Labute approximate surface area is 171 Å². The quantitative estimate of drug-likeness (QED) is 0.471. The Hall–Kier alpha value is -2.90. The van der Waals surface area contributed by atoms with Crippen LogP contribution in [-0.4, -0.2) is 37.3 Å². The van der Waals surface area contributed by atoms with E-state index < -0.39 is 0 Å². The van der Waals surface area contributed by atoms with Crippen molar-refractivity contribution in [1.82, 2.24) is 4.98 Å². The summed E-state index contributed by atoms with van der Waals surface area (Å²) in [6.45, 7) is 1.18. The number of hydrogen-bond donors (Lipinski definition) is 0. The van der Waals surface area contributed by atoms with Gasteiger partial charge in [0.2, 0.25) is 0 Å². The molecule has 1 aliphatic heterocycles. The largest absolute Gasteiger partial charge is 0.497 e. The second-order valence-corrected chi connectivity index (χ2v) is 8.04. The standard InChI is InChI=1S/C22H20N2O4S/c1-26-15-8-9-20-17(12-15)23-22(29-20)24(13-16-6-4-10-27-16)21(25)19-11-14-5-2-3-7-18(14)28-19/h2-3,5,7-9,11-12,16H,4,6,10,13H2,1H3. The van der Waals surface area contributed by atoms with Gasteiger partial charge in [-0.3, -0.25) is 9.69 Å². The van der Waals surface area contributed by atoms with Crippen molar-refractivity contribution in [2.75, 3.05) is 25.2 Å². The van der Waals surface area contributed by atoms with Crippen molar-refractivity contribution in [3.8, 4) is 5.75 Å². The van der Waals surface area contributed by atoms with Gasteiger partial charge in [-0.05, 0) is 37.1 Å². The zero-order valence-corrected chi connectivity index (χ0v) is 16.8. The van der Waals surface area contributed by atoms with E-state index in [1.807, 2.05) is 42.5 Å². The highest BCUT2D eigenvalue weighted by Crippen LogP contribution is 2.33. The molecule has 1 atom stereocenters. The third-order valence-electron chi connectivity index (χ3n) is 5.11. The van der Waals surface area contributed by atoms with Crippen molar-refractivity contribution < 1.29 is 18.7 Å². The van der Waals surface area contributed by atoms with E-state index in [-0.39, 0.29) is 12.0 Å². The number of para-hydroxylation sites is 1. The summed E-state index contributed by atoms with van der Waals surface area (Å²) in [4.78, 5) is 19.8. The molecule has 0 radical (unpaired) electrons. The molecule has 7 heteroatoms. The van der Waals surface area contributed by atoms with Crippen LogP contribution in [0.5, 0.6) is 5.75 Å². The zero-order chi connectivity index (χ0) is 19.8. The lowest BCUT2D eigenvalue weighted by molar-refractivity contribution is 0.0896. The molecule has 1 fully saturated rings. The summed E-state index contributed by atoms with van der Waals surface area (Å²) in [6.07, 6.45) is 1.95. The van der Waals surface area contributed by atoms with Gasteiger partial charge in [-0.1, -0.05) is 29.5 Å². The molecular weight excluding hydrogens is 388 g/mol. The molecule has 0 N–H and O–H groups in total. The van der Waals surface area contributed by atoms with E-state index in [9.17, 15) is 4.79 Å². The molecule has 5 rings (SSSR count). The van der Waals surface area contributed by atoms with E-state index >= 15 is 0 Å². The number of thiazole rings is 1. The monoisotopic (exact) mass is 408 g/mol. The van der Waals surface area contributed by atoms with Crippen molar-refractivity contribution in [2.24, 2.45) is 0 Å². The summed E-state index contributed by atoms with van der Waals surface area (Å²) in [5, 5.41) is 1.54. The van der Waals surface area contributed by atoms with Gasteiger partial charge in [0.15, 0.2) is 10.9 Å². The van der Waals surface area contributed by atoms with Crippen molar-refractivity contribution in [3.63, 3.8) is 0 Å². The first-order chi connectivity index (χ1) is 14.2. The van der Waals surface area contributed by atoms with Gasteiger partial charge < -0.3 is 13.9 Å². The molecule has 3 heterocycles. The van der Waals surface area contributed by atoms with Crippen LogP contribution < -0.4 is 9.64 Å². The lowest BCUT2D eigenvalue weighted by atomic mass is 10.2. The topological polar surface area (TPSA) is 64.8 Å². The van der Waals surface area contributed by atoms with Gasteiger partial charge >= 0.3 is 0 Å². The molecule has 148 valence electrons. The van der Waals surface area contributed by atoms with Gasteiger partial charge in [-0.15, -0.1) is 0 Å². The summed E-state index contributed by atoms with van der Waals surface area (Å²) in [6, 6.07) is 15.1. The molecule has 2 aromatic heterocycles. The van der Waals surface area contributed by atoms with Crippen LogP contribution in [0.1, 0.15) is 23.4 Å². The Balaban J connectivity index is 1.54. The zero-order valence-electron chi connectivity index (χ0n) is 16.0. The van der Waals surface area contributed by atoms with E-state index in [1.54, 1.807) is 18.1 Å². The number of methoxy groups -OCH3 is 1. The number of carbonyl (C=O) groups excluding carboxylic acids is 1. The van der Waals surface area contributed by atoms with Crippen LogP contribution in [0.4, 0.5) is 5.13 Å². The van der Waals surface area contributed by atoms with Crippen LogP contribution in [0.3, 0.4) is 0 Å². The number of amides is 1. The maximum Gasteiger partial charge on any atom is 0.295 e. The van der Waals surface area contributed by atoms with Gasteiger partial charge in [0.1, 0.15) is 11.3 Å². The molecule has 1 saturated heterocycles. The number of aromatic nitrogens is 1. The van der Waals surface area contributed by atoms with Crippen LogP contribution in [0, 0.1) is 0 Å². The van der Waals surface area contributed by atoms with E-state index in [2.05, 4.69) is 0 Å². The van der Waals surface area contributed by atoms with Gasteiger partial charge in [0.25, 0.3) is 5.91 Å². The molecule has 29 heavy (non-hydrogen) atoms. The molecule has 1 amide bonds. The third kappa shape index (κ3) is 3.47.